The van der Waals surface area contributed by atoms with Crippen LogP contribution < -0.4 is 21.3 Å². The highest BCUT2D eigenvalue weighted by molar-refractivity contribution is 5.96. The topological polar surface area (TPSA) is 116 Å². The van der Waals surface area contributed by atoms with E-state index in [1.165, 1.54) is 0 Å². The lowest BCUT2D eigenvalue weighted by Crippen LogP contribution is -2.18. The van der Waals surface area contributed by atoms with E-state index in [1.54, 1.807) is 76.2 Å². The van der Waals surface area contributed by atoms with Crippen LogP contribution in [0.1, 0.15) is 47.0 Å². The normalized spacial score (nSPS) is 10.6. The summed E-state index contributed by atoms with van der Waals surface area (Å²) in [4.78, 5) is 48.1. The van der Waals surface area contributed by atoms with Crippen LogP contribution in [0.15, 0.2) is 48.5 Å². The first-order chi connectivity index (χ1) is 15.6. The number of carbonyl (C=O) groups excluding carboxylic acids is 4. The summed E-state index contributed by atoms with van der Waals surface area (Å²) in [5, 5.41) is 11.1. The summed E-state index contributed by atoms with van der Waals surface area (Å²) in [6.07, 6.45) is 0.742. The lowest BCUT2D eigenvalue weighted by Gasteiger charge is -2.11. The van der Waals surface area contributed by atoms with Crippen molar-refractivity contribution in [1.82, 2.24) is 0 Å². The molecule has 0 unspecified atom stereocenters. The Labute approximate surface area is 194 Å². The smallest absolute Gasteiger partial charge is 0.226 e. The van der Waals surface area contributed by atoms with Crippen LogP contribution in [0.4, 0.5) is 22.7 Å². The standard InChI is InChI=1S/C25H32N4O4/c1-16(2)24(32)28-20-10-5-8-18(14-20)26-22(30)12-7-13-23(31)27-19-9-6-11-21(15-19)29-25(33)17(3)4/h5-6,8-11,14-17H,7,12-13H2,1-4H3,(H,26,30)(H,27,31)(H,28,32)(H,29,33). The molecule has 0 aliphatic rings. The number of hydrogen-bond donors (Lipinski definition) is 4. The number of anilines is 4. The van der Waals surface area contributed by atoms with Crippen molar-refractivity contribution in [3.05, 3.63) is 48.5 Å². The summed E-state index contributed by atoms with van der Waals surface area (Å²) in [6, 6.07) is 13.9. The molecule has 176 valence electrons. The minimum Gasteiger partial charge on any atom is -0.326 e. The van der Waals surface area contributed by atoms with Gasteiger partial charge in [0, 0.05) is 47.4 Å². The molecule has 4 N–H and O–H groups in total. The van der Waals surface area contributed by atoms with Crippen molar-refractivity contribution in [2.24, 2.45) is 11.8 Å². The number of amides is 4. The Morgan fingerprint density at radius 2 is 0.939 bits per heavy atom. The average Bonchev–Trinajstić information content (AvgIpc) is 2.74. The molecule has 2 aromatic rings. The van der Waals surface area contributed by atoms with Crippen molar-refractivity contribution in [2.75, 3.05) is 21.3 Å². The summed E-state index contributed by atoms with van der Waals surface area (Å²) in [5.74, 6) is -0.914. The first kappa shape index (κ1) is 25.6. The first-order valence-electron chi connectivity index (χ1n) is 11.1. The van der Waals surface area contributed by atoms with E-state index in [0.29, 0.717) is 29.2 Å². The third-order valence-electron chi connectivity index (χ3n) is 4.68. The molecule has 4 amide bonds. The molecule has 2 rings (SSSR count). The number of hydrogen-bond acceptors (Lipinski definition) is 4. The van der Waals surface area contributed by atoms with E-state index in [9.17, 15) is 19.2 Å². The highest BCUT2D eigenvalue weighted by Crippen LogP contribution is 2.18. The zero-order valence-electron chi connectivity index (χ0n) is 19.5. The van der Waals surface area contributed by atoms with Crippen molar-refractivity contribution in [3.8, 4) is 0 Å². The Morgan fingerprint density at radius 3 is 1.27 bits per heavy atom. The van der Waals surface area contributed by atoms with Crippen LogP contribution in [-0.2, 0) is 19.2 Å². The van der Waals surface area contributed by atoms with Crippen molar-refractivity contribution in [2.45, 2.75) is 47.0 Å². The third kappa shape index (κ3) is 9.14. The number of carbonyl (C=O) groups is 4. The van der Waals surface area contributed by atoms with E-state index in [0.717, 1.165) is 0 Å². The maximum Gasteiger partial charge on any atom is 0.226 e. The Kier molecular flexibility index (Phi) is 9.60. The van der Waals surface area contributed by atoms with E-state index < -0.39 is 0 Å². The summed E-state index contributed by atoms with van der Waals surface area (Å²) in [6.45, 7) is 7.22. The van der Waals surface area contributed by atoms with Gasteiger partial charge in [-0.25, -0.2) is 0 Å². The van der Waals surface area contributed by atoms with Gasteiger partial charge in [0.25, 0.3) is 0 Å². The predicted octanol–water partition coefficient (Wildman–Crippen LogP) is 4.62. The molecule has 0 saturated carbocycles. The number of rotatable bonds is 10. The summed E-state index contributed by atoms with van der Waals surface area (Å²) < 4.78 is 0. The molecule has 0 aliphatic heterocycles. The van der Waals surface area contributed by atoms with E-state index in [-0.39, 0.29) is 48.3 Å². The molecule has 8 nitrogen and oxygen atoms in total. The molecule has 0 atom stereocenters. The Bertz CT molecular complexity index is 922. The van der Waals surface area contributed by atoms with E-state index in [4.69, 9.17) is 0 Å². The maximum atomic E-state index is 12.2. The van der Waals surface area contributed by atoms with Gasteiger partial charge in [0.1, 0.15) is 0 Å². The van der Waals surface area contributed by atoms with Crippen molar-refractivity contribution < 1.29 is 19.2 Å². The van der Waals surface area contributed by atoms with Gasteiger partial charge in [-0.2, -0.15) is 0 Å². The molecule has 0 radical (unpaired) electrons. The van der Waals surface area contributed by atoms with Crippen LogP contribution in [0, 0.1) is 11.8 Å². The predicted molar refractivity (Wildman–Crippen MR) is 131 cm³/mol. The van der Waals surface area contributed by atoms with Gasteiger partial charge < -0.3 is 21.3 Å². The molecule has 0 bridgehead atoms. The van der Waals surface area contributed by atoms with Crippen LogP contribution in [0.5, 0.6) is 0 Å². The van der Waals surface area contributed by atoms with Crippen LogP contribution in [-0.4, -0.2) is 23.6 Å². The largest absolute Gasteiger partial charge is 0.326 e. The van der Waals surface area contributed by atoms with Crippen LogP contribution >= 0.6 is 0 Å². The zero-order chi connectivity index (χ0) is 24.4. The zero-order valence-corrected chi connectivity index (χ0v) is 19.5. The van der Waals surface area contributed by atoms with E-state index in [2.05, 4.69) is 21.3 Å². The molecule has 0 saturated heterocycles. The van der Waals surface area contributed by atoms with Crippen LogP contribution in [0.25, 0.3) is 0 Å². The maximum absolute atomic E-state index is 12.2. The lowest BCUT2D eigenvalue weighted by atomic mass is 10.2. The van der Waals surface area contributed by atoms with Gasteiger partial charge in [0.15, 0.2) is 0 Å². The van der Waals surface area contributed by atoms with Gasteiger partial charge in [0.05, 0.1) is 0 Å². The Hall–Kier alpha value is -3.68. The second-order valence-corrected chi connectivity index (χ2v) is 8.40. The lowest BCUT2D eigenvalue weighted by molar-refractivity contribution is -0.119. The van der Waals surface area contributed by atoms with Gasteiger partial charge >= 0.3 is 0 Å². The van der Waals surface area contributed by atoms with Crippen molar-refractivity contribution >= 4 is 46.4 Å². The van der Waals surface area contributed by atoms with Gasteiger partial charge in [-0.15, -0.1) is 0 Å². The number of nitrogens with one attached hydrogen (secondary N) is 4. The Morgan fingerprint density at radius 1 is 0.606 bits per heavy atom. The first-order valence-corrected chi connectivity index (χ1v) is 11.1. The molecule has 0 aromatic heterocycles. The summed E-state index contributed by atoms with van der Waals surface area (Å²) in [7, 11) is 0. The SMILES string of the molecule is CC(C)C(=O)Nc1cccc(NC(=O)CCCC(=O)Nc2cccc(NC(=O)C(C)C)c2)c1. The third-order valence-corrected chi connectivity index (χ3v) is 4.68. The molecule has 0 aliphatic carbocycles. The highest BCUT2D eigenvalue weighted by Gasteiger charge is 2.10. The quantitative estimate of drug-likeness (QED) is 0.421. The fourth-order valence-corrected chi connectivity index (χ4v) is 2.78. The summed E-state index contributed by atoms with van der Waals surface area (Å²) in [5.41, 5.74) is 2.37. The van der Waals surface area contributed by atoms with Gasteiger partial charge in [-0.05, 0) is 42.8 Å². The molecule has 0 spiro atoms. The molecule has 0 heterocycles. The second kappa shape index (κ2) is 12.4. The molecular weight excluding hydrogens is 420 g/mol. The molecule has 2 aromatic carbocycles. The number of benzene rings is 2. The van der Waals surface area contributed by atoms with Crippen LogP contribution in [0.3, 0.4) is 0 Å². The fourth-order valence-electron chi connectivity index (χ4n) is 2.78. The second-order valence-electron chi connectivity index (χ2n) is 8.40. The van der Waals surface area contributed by atoms with Crippen molar-refractivity contribution in [3.63, 3.8) is 0 Å². The monoisotopic (exact) mass is 452 g/mol. The van der Waals surface area contributed by atoms with Crippen molar-refractivity contribution in [1.29, 1.82) is 0 Å². The average molecular weight is 453 g/mol. The van der Waals surface area contributed by atoms with Crippen LogP contribution in [0.2, 0.25) is 0 Å². The van der Waals surface area contributed by atoms with E-state index >= 15 is 0 Å². The van der Waals surface area contributed by atoms with Gasteiger partial charge in [0.2, 0.25) is 23.6 Å². The van der Waals surface area contributed by atoms with E-state index in [1.807, 2.05) is 0 Å². The van der Waals surface area contributed by atoms with Gasteiger partial charge in [-0.1, -0.05) is 39.8 Å². The fraction of sp³-hybridized carbons (Fsp3) is 0.360. The molecule has 0 fully saturated rings. The Balaban J connectivity index is 1.78. The minimum atomic E-state index is -0.214. The van der Waals surface area contributed by atoms with Gasteiger partial charge in [-0.3, -0.25) is 19.2 Å². The minimum absolute atomic E-state index is 0.0997. The highest BCUT2D eigenvalue weighted by atomic mass is 16.2. The molecule has 8 heteroatoms. The molecule has 33 heavy (non-hydrogen) atoms. The summed E-state index contributed by atoms with van der Waals surface area (Å²) >= 11 is 0. The molecular formula is C25H32N4O4.